The first-order valence-corrected chi connectivity index (χ1v) is 12.6. The molecule has 8 heteroatoms. The third kappa shape index (κ3) is 5.09. The summed E-state index contributed by atoms with van der Waals surface area (Å²) >= 11 is 6.61. The number of imide groups is 2. The first-order valence-electron chi connectivity index (χ1n) is 12.2. The standard InChI is InChI=1S/C31H25ClN2O5/c1-18-7-6-9-22(13-18)34-30(36)24(29(35)33-31(34)37)14-20-15-26(32)28(27(16-20)38-3)39-17-25-19(2)11-12-21-8-4-5-10-23(21)25/h4-16H,17H2,1-3H3,(H,33,35,37)/b24-14+. The average Bonchev–Trinajstić information content (AvgIpc) is 2.91. The summed E-state index contributed by atoms with van der Waals surface area (Å²) in [5.74, 6) is -0.862. The molecular formula is C31H25ClN2O5. The van der Waals surface area contributed by atoms with Gasteiger partial charge in [-0.25, -0.2) is 9.69 Å². The molecule has 0 spiro atoms. The number of fused-ring (bicyclic) bond motifs is 1. The largest absolute Gasteiger partial charge is 0.493 e. The fourth-order valence-electron chi connectivity index (χ4n) is 4.57. The van der Waals surface area contributed by atoms with Crippen LogP contribution < -0.4 is 19.7 Å². The number of carbonyl (C=O) groups is 3. The van der Waals surface area contributed by atoms with Gasteiger partial charge < -0.3 is 9.47 Å². The van der Waals surface area contributed by atoms with Gasteiger partial charge in [0.1, 0.15) is 12.2 Å². The monoisotopic (exact) mass is 540 g/mol. The molecule has 0 aliphatic carbocycles. The van der Waals surface area contributed by atoms with E-state index in [-0.39, 0.29) is 17.2 Å². The Morgan fingerprint density at radius 3 is 2.51 bits per heavy atom. The number of hydrogen-bond acceptors (Lipinski definition) is 5. The lowest BCUT2D eigenvalue weighted by atomic mass is 10.0. The van der Waals surface area contributed by atoms with Gasteiger partial charge in [0.25, 0.3) is 11.8 Å². The molecule has 7 nitrogen and oxygen atoms in total. The van der Waals surface area contributed by atoms with Gasteiger partial charge in [-0.2, -0.15) is 0 Å². The minimum Gasteiger partial charge on any atom is -0.493 e. The lowest BCUT2D eigenvalue weighted by Gasteiger charge is -2.26. The molecule has 0 atom stereocenters. The maximum Gasteiger partial charge on any atom is 0.335 e. The van der Waals surface area contributed by atoms with Crippen LogP contribution in [0.2, 0.25) is 5.02 Å². The molecule has 1 saturated heterocycles. The van der Waals surface area contributed by atoms with Crippen molar-refractivity contribution < 1.29 is 23.9 Å². The number of rotatable bonds is 6. The maximum absolute atomic E-state index is 13.3. The van der Waals surface area contributed by atoms with Crippen LogP contribution in [0.1, 0.15) is 22.3 Å². The summed E-state index contributed by atoms with van der Waals surface area (Å²) in [5.41, 5.74) is 3.56. The quantitative estimate of drug-likeness (QED) is 0.227. The number of hydrogen-bond donors (Lipinski definition) is 1. The Morgan fingerprint density at radius 2 is 1.74 bits per heavy atom. The van der Waals surface area contributed by atoms with E-state index in [4.69, 9.17) is 21.1 Å². The number of carbonyl (C=O) groups excluding carboxylic acids is 3. The van der Waals surface area contributed by atoms with Crippen molar-refractivity contribution in [3.05, 3.63) is 106 Å². The zero-order chi connectivity index (χ0) is 27.7. The van der Waals surface area contributed by atoms with E-state index in [1.807, 2.05) is 50.2 Å². The summed E-state index contributed by atoms with van der Waals surface area (Å²) in [5, 5.41) is 4.67. The molecular weight excluding hydrogens is 516 g/mol. The predicted molar refractivity (Wildman–Crippen MR) is 151 cm³/mol. The number of ether oxygens (including phenoxy) is 2. The van der Waals surface area contributed by atoms with E-state index < -0.39 is 17.8 Å². The molecule has 196 valence electrons. The number of halogens is 1. The topological polar surface area (TPSA) is 84.9 Å². The number of aryl methyl sites for hydroxylation is 2. The van der Waals surface area contributed by atoms with E-state index in [1.54, 1.807) is 30.3 Å². The van der Waals surface area contributed by atoms with Crippen molar-refractivity contribution in [2.24, 2.45) is 0 Å². The molecule has 1 heterocycles. The second kappa shape index (κ2) is 10.6. The molecule has 4 aromatic carbocycles. The van der Waals surface area contributed by atoms with Crippen molar-refractivity contribution in [2.75, 3.05) is 12.0 Å². The van der Waals surface area contributed by atoms with Crippen LogP contribution in [-0.4, -0.2) is 25.0 Å². The van der Waals surface area contributed by atoms with E-state index >= 15 is 0 Å². The third-order valence-electron chi connectivity index (χ3n) is 6.56. The smallest absolute Gasteiger partial charge is 0.335 e. The van der Waals surface area contributed by atoms with Gasteiger partial charge >= 0.3 is 6.03 Å². The highest BCUT2D eigenvalue weighted by Crippen LogP contribution is 2.38. The van der Waals surface area contributed by atoms with Crippen LogP contribution in [0.25, 0.3) is 16.8 Å². The van der Waals surface area contributed by atoms with Gasteiger partial charge in [-0.1, -0.05) is 60.1 Å². The number of benzene rings is 4. The van der Waals surface area contributed by atoms with E-state index in [2.05, 4.69) is 11.4 Å². The summed E-state index contributed by atoms with van der Waals surface area (Å²) in [7, 11) is 1.48. The van der Waals surface area contributed by atoms with Gasteiger partial charge in [-0.05, 0) is 71.7 Å². The Balaban J connectivity index is 1.46. The summed E-state index contributed by atoms with van der Waals surface area (Å²) < 4.78 is 11.7. The van der Waals surface area contributed by atoms with Crippen LogP contribution in [0, 0.1) is 13.8 Å². The number of nitrogens with zero attached hydrogens (tertiary/aromatic N) is 1. The number of amides is 4. The second-order valence-electron chi connectivity index (χ2n) is 9.20. The van der Waals surface area contributed by atoms with Gasteiger partial charge in [0, 0.05) is 5.56 Å². The first-order chi connectivity index (χ1) is 18.8. The lowest BCUT2D eigenvalue weighted by Crippen LogP contribution is -2.54. The number of urea groups is 1. The molecule has 4 aromatic rings. The van der Waals surface area contributed by atoms with Crippen LogP contribution in [0.4, 0.5) is 10.5 Å². The highest BCUT2D eigenvalue weighted by atomic mass is 35.5. The summed E-state index contributed by atoms with van der Waals surface area (Å²) in [6.07, 6.45) is 1.37. The Hall–Kier alpha value is -4.62. The van der Waals surface area contributed by atoms with Gasteiger partial charge in [0.2, 0.25) is 0 Å². The van der Waals surface area contributed by atoms with Gasteiger partial charge in [0.15, 0.2) is 11.5 Å². The molecule has 39 heavy (non-hydrogen) atoms. The van der Waals surface area contributed by atoms with Crippen LogP contribution in [0.3, 0.4) is 0 Å². The van der Waals surface area contributed by atoms with Crippen molar-refractivity contribution in [3.8, 4) is 11.5 Å². The molecule has 1 aliphatic heterocycles. The van der Waals surface area contributed by atoms with Crippen molar-refractivity contribution >= 4 is 52.0 Å². The van der Waals surface area contributed by atoms with E-state index in [0.29, 0.717) is 22.7 Å². The number of nitrogens with one attached hydrogen (secondary N) is 1. The van der Waals surface area contributed by atoms with Gasteiger partial charge in [-0.3, -0.25) is 14.9 Å². The highest BCUT2D eigenvalue weighted by Gasteiger charge is 2.37. The molecule has 1 fully saturated rings. The molecule has 0 radical (unpaired) electrons. The van der Waals surface area contributed by atoms with Crippen molar-refractivity contribution in [2.45, 2.75) is 20.5 Å². The fourth-order valence-corrected chi connectivity index (χ4v) is 4.84. The van der Waals surface area contributed by atoms with Crippen LogP contribution >= 0.6 is 11.6 Å². The number of barbiturate groups is 1. The molecule has 0 aromatic heterocycles. The average molecular weight is 541 g/mol. The maximum atomic E-state index is 13.3. The molecule has 0 unspecified atom stereocenters. The SMILES string of the molecule is COc1cc(/C=C2\C(=O)NC(=O)N(c3cccc(C)c3)C2=O)cc(Cl)c1OCc1c(C)ccc2ccccc12. The van der Waals surface area contributed by atoms with Crippen molar-refractivity contribution in [3.63, 3.8) is 0 Å². The van der Waals surface area contributed by atoms with Crippen LogP contribution in [-0.2, 0) is 16.2 Å². The van der Waals surface area contributed by atoms with Gasteiger partial charge in [-0.15, -0.1) is 0 Å². The summed E-state index contributed by atoms with van der Waals surface area (Å²) in [4.78, 5) is 39.3. The normalized spacial score (nSPS) is 14.6. The molecule has 5 rings (SSSR count). The number of methoxy groups -OCH3 is 1. The van der Waals surface area contributed by atoms with Gasteiger partial charge in [0.05, 0.1) is 17.8 Å². The summed E-state index contributed by atoms with van der Waals surface area (Å²) in [6, 6.07) is 21.5. The lowest BCUT2D eigenvalue weighted by molar-refractivity contribution is -0.122. The zero-order valence-electron chi connectivity index (χ0n) is 21.6. The fraction of sp³-hybridized carbons (Fsp3) is 0.129. The minimum atomic E-state index is -0.809. The van der Waals surface area contributed by atoms with Crippen LogP contribution in [0.15, 0.2) is 78.4 Å². The molecule has 0 bridgehead atoms. The van der Waals surface area contributed by atoms with Crippen LogP contribution in [0.5, 0.6) is 11.5 Å². The third-order valence-corrected chi connectivity index (χ3v) is 6.84. The second-order valence-corrected chi connectivity index (χ2v) is 9.61. The Bertz CT molecular complexity index is 1680. The Kier molecular flexibility index (Phi) is 7.09. The molecule has 1 N–H and O–H groups in total. The van der Waals surface area contributed by atoms with E-state index in [0.717, 1.165) is 32.4 Å². The number of anilines is 1. The molecule has 0 saturated carbocycles. The van der Waals surface area contributed by atoms with Crippen molar-refractivity contribution in [1.82, 2.24) is 5.32 Å². The first kappa shape index (κ1) is 26.0. The Morgan fingerprint density at radius 1 is 0.949 bits per heavy atom. The zero-order valence-corrected chi connectivity index (χ0v) is 22.3. The predicted octanol–water partition coefficient (Wildman–Crippen LogP) is 6.36. The van der Waals surface area contributed by atoms with E-state index in [1.165, 1.54) is 13.2 Å². The minimum absolute atomic E-state index is 0.214. The highest BCUT2D eigenvalue weighted by molar-refractivity contribution is 6.39. The molecule has 4 amide bonds. The molecule has 1 aliphatic rings. The van der Waals surface area contributed by atoms with E-state index in [9.17, 15) is 14.4 Å². The summed E-state index contributed by atoms with van der Waals surface area (Å²) in [6.45, 7) is 4.13. The van der Waals surface area contributed by atoms with Crippen molar-refractivity contribution in [1.29, 1.82) is 0 Å². The Labute approximate surface area is 230 Å².